The van der Waals surface area contributed by atoms with Gasteiger partial charge in [-0.2, -0.15) is 0 Å². The van der Waals surface area contributed by atoms with Crippen molar-refractivity contribution in [3.63, 3.8) is 0 Å². The van der Waals surface area contributed by atoms with Crippen LogP contribution in [0.5, 0.6) is 5.75 Å². The molecule has 4 heteroatoms. The summed E-state index contributed by atoms with van der Waals surface area (Å²) in [5.41, 5.74) is 1.64. The van der Waals surface area contributed by atoms with Crippen molar-refractivity contribution in [2.75, 3.05) is 7.11 Å². The molecule has 0 aliphatic carbocycles. The fraction of sp³-hybridized carbons (Fsp3) is 0.188. The average molecular weight is 287 g/mol. The van der Waals surface area contributed by atoms with E-state index in [0.29, 0.717) is 5.56 Å². The lowest BCUT2D eigenvalue weighted by Gasteiger charge is -2.15. The van der Waals surface area contributed by atoms with Gasteiger partial charge in [-0.05, 0) is 42.8 Å². The summed E-state index contributed by atoms with van der Waals surface area (Å²) in [5, 5.41) is 2.96. The van der Waals surface area contributed by atoms with E-state index in [1.165, 1.54) is 0 Å². The summed E-state index contributed by atoms with van der Waals surface area (Å²) >= 11 is 4.24. The molecule has 2 rings (SSSR count). The molecule has 1 N–H and O–H groups in total. The van der Waals surface area contributed by atoms with Crippen LogP contribution in [0.1, 0.15) is 28.9 Å². The number of rotatable bonds is 4. The molecular weight excluding hydrogens is 270 g/mol. The number of carbonyl (C=O) groups excluding carboxylic acids is 1. The van der Waals surface area contributed by atoms with Crippen LogP contribution in [0.4, 0.5) is 0 Å². The zero-order valence-electron chi connectivity index (χ0n) is 11.5. The summed E-state index contributed by atoms with van der Waals surface area (Å²) < 4.78 is 5.12. The maximum atomic E-state index is 12.1. The number of ether oxygens (including phenoxy) is 1. The van der Waals surface area contributed by atoms with Crippen LogP contribution in [0.2, 0.25) is 0 Å². The van der Waals surface area contributed by atoms with Crippen LogP contribution < -0.4 is 10.1 Å². The van der Waals surface area contributed by atoms with Crippen LogP contribution in [-0.4, -0.2) is 13.0 Å². The van der Waals surface area contributed by atoms with Gasteiger partial charge in [-0.1, -0.05) is 18.2 Å². The van der Waals surface area contributed by atoms with Gasteiger partial charge in [0.05, 0.1) is 13.2 Å². The third kappa shape index (κ3) is 3.54. The molecule has 104 valence electrons. The number of hydrogen-bond donors (Lipinski definition) is 2. The van der Waals surface area contributed by atoms with Crippen molar-refractivity contribution in [2.45, 2.75) is 17.9 Å². The second-order valence-corrected chi connectivity index (χ2v) is 5.04. The lowest BCUT2D eigenvalue weighted by Crippen LogP contribution is -2.26. The van der Waals surface area contributed by atoms with Gasteiger partial charge in [0.25, 0.3) is 5.91 Å². The van der Waals surface area contributed by atoms with Gasteiger partial charge in [0.15, 0.2) is 0 Å². The molecule has 0 fully saturated rings. The zero-order valence-corrected chi connectivity index (χ0v) is 12.4. The molecule has 0 radical (unpaired) electrons. The van der Waals surface area contributed by atoms with E-state index in [0.717, 1.165) is 16.2 Å². The molecule has 0 saturated heterocycles. The van der Waals surface area contributed by atoms with E-state index in [4.69, 9.17) is 4.74 Å². The maximum absolute atomic E-state index is 12.1. The summed E-state index contributed by atoms with van der Waals surface area (Å²) in [4.78, 5) is 12.9. The Labute approximate surface area is 124 Å². The monoisotopic (exact) mass is 287 g/mol. The molecule has 0 aliphatic heterocycles. The number of carbonyl (C=O) groups is 1. The van der Waals surface area contributed by atoms with Crippen molar-refractivity contribution in [3.05, 3.63) is 59.7 Å². The average Bonchev–Trinajstić information content (AvgIpc) is 2.47. The Balaban J connectivity index is 2.06. The smallest absolute Gasteiger partial charge is 0.251 e. The first kappa shape index (κ1) is 14.5. The summed E-state index contributed by atoms with van der Waals surface area (Å²) in [6.07, 6.45) is 0. The molecule has 0 spiro atoms. The van der Waals surface area contributed by atoms with Crippen LogP contribution in [0.3, 0.4) is 0 Å². The number of benzene rings is 2. The molecule has 0 aliphatic rings. The molecule has 20 heavy (non-hydrogen) atoms. The highest BCUT2D eigenvalue weighted by Gasteiger charge is 2.11. The highest BCUT2D eigenvalue weighted by atomic mass is 32.1. The van der Waals surface area contributed by atoms with Crippen molar-refractivity contribution in [3.8, 4) is 5.75 Å². The first-order chi connectivity index (χ1) is 9.60. The van der Waals surface area contributed by atoms with Gasteiger partial charge in [0, 0.05) is 10.5 Å². The Morgan fingerprint density at radius 2 is 1.90 bits per heavy atom. The Hall–Kier alpha value is -1.94. The minimum absolute atomic E-state index is 0.0722. The summed E-state index contributed by atoms with van der Waals surface area (Å²) in [6, 6.07) is 14.8. The topological polar surface area (TPSA) is 38.3 Å². The summed E-state index contributed by atoms with van der Waals surface area (Å²) in [7, 11) is 1.63. The van der Waals surface area contributed by atoms with E-state index in [2.05, 4.69) is 17.9 Å². The molecule has 0 bridgehead atoms. The SMILES string of the molecule is COc1ccc(C(C)NC(=O)c2cccc(S)c2)cc1. The van der Waals surface area contributed by atoms with E-state index >= 15 is 0 Å². The van der Waals surface area contributed by atoms with Crippen molar-refractivity contribution in [2.24, 2.45) is 0 Å². The third-order valence-electron chi connectivity index (χ3n) is 3.07. The van der Waals surface area contributed by atoms with Crippen LogP contribution >= 0.6 is 12.6 Å². The van der Waals surface area contributed by atoms with E-state index in [1.54, 1.807) is 19.2 Å². The number of amides is 1. The van der Waals surface area contributed by atoms with E-state index in [1.807, 2.05) is 43.3 Å². The van der Waals surface area contributed by atoms with Gasteiger partial charge in [-0.25, -0.2) is 0 Å². The highest BCUT2D eigenvalue weighted by molar-refractivity contribution is 7.80. The number of thiol groups is 1. The van der Waals surface area contributed by atoms with E-state index in [9.17, 15) is 4.79 Å². The standard InChI is InChI=1S/C16H17NO2S/c1-11(12-6-8-14(19-2)9-7-12)17-16(18)13-4-3-5-15(20)10-13/h3-11,20H,1-2H3,(H,17,18). The van der Waals surface area contributed by atoms with Gasteiger partial charge >= 0.3 is 0 Å². The predicted molar refractivity (Wildman–Crippen MR) is 82.6 cm³/mol. The molecule has 0 aromatic heterocycles. The maximum Gasteiger partial charge on any atom is 0.251 e. The Morgan fingerprint density at radius 1 is 1.20 bits per heavy atom. The fourth-order valence-corrected chi connectivity index (χ4v) is 2.13. The molecule has 2 aromatic carbocycles. The first-order valence-electron chi connectivity index (χ1n) is 6.34. The molecule has 3 nitrogen and oxygen atoms in total. The number of hydrogen-bond acceptors (Lipinski definition) is 3. The minimum atomic E-state index is -0.107. The van der Waals surface area contributed by atoms with Crippen molar-refractivity contribution >= 4 is 18.5 Å². The largest absolute Gasteiger partial charge is 0.497 e. The fourth-order valence-electron chi connectivity index (χ4n) is 1.90. The minimum Gasteiger partial charge on any atom is -0.497 e. The second kappa shape index (κ2) is 6.48. The van der Waals surface area contributed by atoms with Crippen LogP contribution in [0, 0.1) is 0 Å². The zero-order chi connectivity index (χ0) is 14.5. The van der Waals surface area contributed by atoms with Crippen LogP contribution in [0.25, 0.3) is 0 Å². The quantitative estimate of drug-likeness (QED) is 0.845. The number of methoxy groups -OCH3 is 1. The second-order valence-electron chi connectivity index (χ2n) is 4.52. The Kier molecular flexibility index (Phi) is 4.69. The van der Waals surface area contributed by atoms with Gasteiger partial charge in [-0.15, -0.1) is 12.6 Å². The molecule has 0 saturated carbocycles. The molecule has 1 amide bonds. The normalized spacial score (nSPS) is 11.8. The Morgan fingerprint density at radius 3 is 2.50 bits per heavy atom. The lowest BCUT2D eigenvalue weighted by atomic mass is 10.1. The molecule has 2 aromatic rings. The van der Waals surface area contributed by atoms with Gasteiger partial charge in [0.1, 0.15) is 5.75 Å². The van der Waals surface area contributed by atoms with E-state index < -0.39 is 0 Å². The molecule has 1 unspecified atom stereocenters. The van der Waals surface area contributed by atoms with Crippen molar-refractivity contribution in [1.29, 1.82) is 0 Å². The first-order valence-corrected chi connectivity index (χ1v) is 6.78. The van der Waals surface area contributed by atoms with Crippen LogP contribution in [-0.2, 0) is 0 Å². The third-order valence-corrected chi connectivity index (χ3v) is 3.35. The molecule has 1 atom stereocenters. The summed E-state index contributed by atoms with van der Waals surface area (Å²) in [6.45, 7) is 1.95. The van der Waals surface area contributed by atoms with Gasteiger partial charge < -0.3 is 10.1 Å². The van der Waals surface area contributed by atoms with Crippen molar-refractivity contribution < 1.29 is 9.53 Å². The molecular formula is C16H17NO2S. The predicted octanol–water partition coefficient (Wildman–Crippen LogP) is 3.47. The number of nitrogens with one attached hydrogen (secondary N) is 1. The van der Waals surface area contributed by atoms with E-state index in [-0.39, 0.29) is 11.9 Å². The van der Waals surface area contributed by atoms with Gasteiger partial charge in [0.2, 0.25) is 0 Å². The van der Waals surface area contributed by atoms with Crippen LogP contribution in [0.15, 0.2) is 53.4 Å². The van der Waals surface area contributed by atoms with Gasteiger partial charge in [-0.3, -0.25) is 4.79 Å². The summed E-state index contributed by atoms with van der Waals surface area (Å²) in [5.74, 6) is 0.694. The lowest BCUT2D eigenvalue weighted by molar-refractivity contribution is 0.0939. The molecule has 0 heterocycles. The Bertz CT molecular complexity index is 596. The van der Waals surface area contributed by atoms with Crippen molar-refractivity contribution in [1.82, 2.24) is 5.32 Å². The highest BCUT2D eigenvalue weighted by Crippen LogP contribution is 2.18.